The number of nitrogens with two attached hydrogens (primary N) is 1. The van der Waals surface area contributed by atoms with Crippen LogP contribution in [0.3, 0.4) is 0 Å². The van der Waals surface area contributed by atoms with Crippen molar-refractivity contribution in [3.8, 4) is 0 Å². The van der Waals surface area contributed by atoms with E-state index in [1.165, 1.54) is 0 Å². The summed E-state index contributed by atoms with van der Waals surface area (Å²) in [7, 11) is 1.71. The molecule has 0 aliphatic rings. The molecule has 0 amide bonds. The van der Waals surface area contributed by atoms with E-state index in [0.717, 1.165) is 36.2 Å². The van der Waals surface area contributed by atoms with Gasteiger partial charge in [0.1, 0.15) is 0 Å². The number of aromatic nitrogens is 2. The highest BCUT2D eigenvalue weighted by Crippen LogP contribution is 2.25. The number of nitrogens with zero attached hydrogens (tertiary/aromatic N) is 2. The molecule has 0 aromatic carbocycles. The van der Waals surface area contributed by atoms with Gasteiger partial charge in [-0.15, -0.1) is 0 Å². The Labute approximate surface area is 104 Å². The molecule has 1 heterocycles. The van der Waals surface area contributed by atoms with Crippen molar-refractivity contribution in [1.82, 2.24) is 15.2 Å². The molecule has 0 saturated carbocycles. The first-order valence-corrected chi connectivity index (χ1v) is 6.20. The molecule has 92 valence electrons. The number of rotatable bonds is 7. The molecule has 0 bridgehead atoms. The first kappa shape index (κ1) is 13.6. The van der Waals surface area contributed by atoms with Gasteiger partial charge in [0, 0.05) is 20.3 Å². The van der Waals surface area contributed by atoms with Gasteiger partial charge < -0.3 is 4.74 Å². The van der Waals surface area contributed by atoms with E-state index in [9.17, 15) is 0 Å². The molecule has 1 aromatic rings. The molecule has 3 N–H and O–H groups in total. The van der Waals surface area contributed by atoms with Crippen LogP contribution in [0.5, 0.6) is 0 Å². The molecule has 0 aliphatic carbocycles. The van der Waals surface area contributed by atoms with Crippen LogP contribution in [-0.4, -0.2) is 23.5 Å². The number of nitrogens with one attached hydrogen (secondary N) is 1. The van der Waals surface area contributed by atoms with Crippen molar-refractivity contribution in [3.05, 3.63) is 16.4 Å². The first-order valence-electron chi connectivity index (χ1n) is 5.40. The number of methoxy groups -OCH3 is 1. The Morgan fingerprint density at radius 2 is 2.44 bits per heavy atom. The SMILES string of the molecule is CCn1ncc(Br)c1C(CCCOC)NN. The Bertz CT molecular complexity index is 316. The fraction of sp³-hybridized carbons (Fsp3) is 0.700. The summed E-state index contributed by atoms with van der Waals surface area (Å²) < 4.78 is 7.98. The summed E-state index contributed by atoms with van der Waals surface area (Å²) in [6, 6.07) is 0.104. The molecule has 0 radical (unpaired) electrons. The zero-order valence-electron chi connectivity index (χ0n) is 9.74. The van der Waals surface area contributed by atoms with Crippen molar-refractivity contribution in [3.63, 3.8) is 0 Å². The van der Waals surface area contributed by atoms with Crippen molar-refractivity contribution < 1.29 is 4.74 Å². The predicted molar refractivity (Wildman–Crippen MR) is 66.8 cm³/mol. The molecule has 1 aromatic heterocycles. The van der Waals surface area contributed by atoms with E-state index < -0.39 is 0 Å². The second-order valence-electron chi connectivity index (χ2n) is 3.55. The van der Waals surface area contributed by atoms with Crippen molar-refractivity contribution >= 4 is 15.9 Å². The zero-order valence-corrected chi connectivity index (χ0v) is 11.3. The lowest BCUT2D eigenvalue weighted by molar-refractivity contribution is 0.188. The average Bonchev–Trinajstić information content (AvgIpc) is 2.66. The van der Waals surface area contributed by atoms with E-state index in [1.54, 1.807) is 13.3 Å². The summed E-state index contributed by atoms with van der Waals surface area (Å²) in [6.07, 6.45) is 3.70. The second-order valence-corrected chi connectivity index (χ2v) is 4.40. The highest BCUT2D eigenvalue weighted by Gasteiger charge is 2.17. The van der Waals surface area contributed by atoms with E-state index >= 15 is 0 Å². The van der Waals surface area contributed by atoms with Crippen molar-refractivity contribution in [2.75, 3.05) is 13.7 Å². The molecular weight excluding hydrogens is 272 g/mol. The van der Waals surface area contributed by atoms with Gasteiger partial charge in [-0.3, -0.25) is 16.0 Å². The summed E-state index contributed by atoms with van der Waals surface area (Å²) in [4.78, 5) is 0. The fourth-order valence-corrected chi connectivity index (χ4v) is 2.27. The van der Waals surface area contributed by atoms with Crippen LogP contribution in [0.2, 0.25) is 0 Å². The van der Waals surface area contributed by atoms with E-state index in [4.69, 9.17) is 10.6 Å². The maximum atomic E-state index is 5.59. The van der Waals surface area contributed by atoms with E-state index in [2.05, 4.69) is 33.4 Å². The molecule has 16 heavy (non-hydrogen) atoms. The highest BCUT2D eigenvalue weighted by molar-refractivity contribution is 9.10. The Morgan fingerprint density at radius 3 is 3.00 bits per heavy atom. The third kappa shape index (κ3) is 3.28. The molecule has 0 saturated heterocycles. The predicted octanol–water partition coefficient (Wildman–Crippen LogP) is 1.60. The van der Waals surface area contributed by atoms with Gasteiger partial charge >= 0.3 is 0 Å². The van der Waals surface area contributed by atoms with E-state index in [-0.39, 0.29) is 6.04 Å². The van der Waals surface area contributed by atoms with Gasteiger partial charge in [-0.1, -0.05) is 0 Å². The summed E-state index contributed by atoms with van der Waals surface area (Å²) in [5, 5.41) is 4.27. The van der Waals surface area contributed by atoms with Gasteiger partial charge in [0.2, 0.25) is 0 Å². The molecular formula is C10H19BrN4O. The lowest BCUT2D eigenvalue weighted by Crippen LogP contribution is -2.30. The van der Waals surface area contributed by atoms with Crippen molar-refractivity contribution in [1.29, 1.82) is 0 Å². The van der Waals surface area contributed by atoms with Crippen LogP contribution in [-0.2, 0) is 11.3 Å². The number of ether oxygens (including phenoxy) is 1. The maximum absolute atomic E-state index is 5.59. The summed E-state index contributed by atoms with van der Waals surface area (Å²) in [6.45, 7) is 3.64. The maximum Gasteiger partial charge on any atom is 0.0709 e. The smallest absolute Gasteiger partial charge is 0.0709 e. The Kier molecular flexibility index (Phi) is 5.97. The molecule has 1 atom stereocenters. The topological polar surface area (TPSA) is 65.1 Å². The van der Waals surface area contributed by atoms with E-state index in [0.29, 0.717) is 0 Å². The summed E-state index contributed by atoms with van der Waals surface area (Å²) >= 11 is 3.50. The van der Waals surface area contributed by atoms with Crippen LogP contribution in [0, 0.1) is 0 Å². The number of hydrazine groups is 1. The molecule has 0 fully saturated rings. The number of aryl methyl sites for hydroxylation is 1. The summed E-state index contributed by atoms with van der Waals surface area (Å²) in [5.74, 6) is 5.59. The number of halogens is 1. The van der Waals surface area contributed by atoms with Gasteiger partial charge in [0.05, 0.1) is 22.4 Å². The minimum Gasteiger partial charge on any atom is -0.385 e. The lowest BCUT2D eigenvalue weighted by Gasteiger charge is -2.17. The monoisotopic (exact) mass is 290 g/mol. The number of hydrogen-bond donors (Lipinski definition) is 2. The molecule has 5 nitrogen and oxygen atoms in total. The minimum atomic E-state index is 0.104. The average molecular weight is 291 g/mol. The zero-order chi connectivity index (χ0) is 12.0. The van der Waals surface area contributed by atoms with Crippen LogP contribution in [0.15, 0.2) is 10.7 Å². The van der Waals surface area contributed by atoms with Gasteiger partial charge in [0.15, 0.2) is 0 Å². The standard InChI is InChI=1S/C10H19BrN4O/c1-3-15-10(8(11)7-13-15)9(14-12)5-4-6-16-2/h7,9,14H,3-6,12H2,1-2H3. The summed E-state index contributed by atoms with van der Waals surface area (Å²) in [5.41, 5.74) is 3.93. The van der Waals surface area contributed by atoms with Crippen molar-refractivity contribution in [2.45, 2.75) is 32.4 Å². The second kappa shape index (κ2) is 7.01. The lowest BCUT2D eigenvalue weighted by atomic mass is 10.1. The largest absolute Gasteiger partial charge is 0.385 e. The highest BCUT2D eigenvalue weighted by atomic mass is 79.9. The normalized spacial score (nSPS) is 13.0. The van der Waals surface area contributed by atoms with Crippen LogP contribution in [0.1, 0.15) is 31.5 Å². The molecule has 6 heteroatoms. The first-order chi connectivity index (χ1) is 7.74. The quantitative estimate of drug-likeness (QED) is 0.455. The van der Waals surface area contributed by atoms with Crippen LogP contribution in [0.25, 0.3) is 0 Å². The van der Waals surface area contributed by atoms with Crippen LogP contribution in [0.4, 0.5) is 0 Å². The van der Waals surface area contributed by atoms with E-state index in [1.807, 2.05) is 4.68 Å². The third-order valence-electron chi connectivity index (χ3n) is 2.51. The number of hydrogen-bond acceptors (Lipinski definition) is 4. The van der Waals surface area contributed by atoms with Gasteiger partial charge in [0.25, 0.3) is 0 Å². The minimum absolute atomic E-state index is 0.104. The molecule has 1 unspecified atom stereocenters. The Morgan fingerprint density at radius 1 is 1.69 bits per heavy atom. The molecule has 0 aliphatic heterocycles. The van der Waals surface area contributed by atoms with Crippen LogP contribution >= 0.6 is 15.9 Å². The third-order valence-corrected chi connectivity index (χ3v) is 3.12. The van der Waals surface area contributed by atoms with Crippen molar-refractivity contribution in [2.24, 2.45) is 5.84 Å². The van der Waals surface area contributed by atoms with Gasteiger partial charge in [-0.2, -0.15) is 5.10 Å². The fourth-order valence-electron chi connectivity index (χ4n) is 1.70. The Balaban J connectivity index is 2.73. The van der Waals surface area contributed by atoms with Crippen LogP contribution < -0.4 is 11.3 Å². The van der Waals surface area contributed by atoms with Gasteiger partial charge in [-0.05, 0) is 35.7 Å². The van der Waals surface area contributed by atoms with Gasteiger partial charge in [-0.25, -0.2) is 0 Å². The molecule has 1 rings (SSSR count). The molecule has 0 spiro atoms. The Hall–Kier alpha value is -0.430.